The molecule has 1 rings (SSSR count). The Morgan fingerprint density at radius 3 is 2.53 bits per heavy atom. The van der Waals surface area contributed by atoms with Gasteiger partial charge in [0.1, 0.15) is 5.75 Å². The van der Waals surface area contributed by atoms with Crippen molar-refractivity contribution < 1.29 is 4.74 Å². The summed E-state index contributed by atoms with van der Waals surface area (Å²) in [6, 6.07) is 2.00. The summed E-state index contributed by atoms with van der Waals surface area (Å²) in [6.45, 7) is 9.81. The maximum absolute atomic E-state index is 6.35. The van der Waals surface area contributed by atoms with Crippen molar-refractivity contribution in [2.24, 2.45) is 5.73 Å². The van der Waals surface area contributed by atoms with Crippen LogP contribution in [0.5, 0.6) is 5.75 Å². The van der Waals surface area contributed by atoms with Gasteiger partial charge in [-0.3, -0.25) is 0 Å². The number of hydrogen-bond donors (Lipinski definition) is 1. The van der Waals surface area contributed by atoms with Crippen LogP contribution in [-0.2, 0) is 0 Å². The number of hydrogen-bond acceptors (Lipinski definition) is 2. The Hall–Kier alpha value is -0.730. The lowest BCUT2D eigenvalue weighted by Gasteiger charge is -2.23. The van der Waals surface area contributed by atoms with Crippen LogP contribution < -0.4 is 10.5 Å². The summed E-state index contributed by atoms with van der Waals surface area (Å²) in [5.74, 6) is 1.50. The van der Waals surface area contributed by atoms with Crippen molar-refractivity contribution in [3.05, 3.63) is 27.8 Å². The average molecular weight is 284 g/mol. The highest BCUT2D eigenvalue weighted by Crippen LogP contribution is 2.40. The fraction of sp³-hybridized carbons (Fsp3) is 0.625. The third-order valence-electron chi connectivity index (χ3n) is 3.65. The highest BCUT2D eigenvalue weighted by Gasteiger charge is 2.20. The number of ether oxygens (including phenoxy) is 1. The molecule has 0 saturated heterocycles. The van der Waals surface area contributed by atoms with Crippen LogP contribution >= 0.6 is 11.6 Å². The maximum Gasteiger partial charge on any atom is 0.126 e. The zero-order valence-corrected chi connectivity index (χ0v) is 13.3. The fourth-order valence-corrected chi connectivity index (χ4v) is 2.89. The molecule has 108 valence electrons. The lowest BCUT2D eigenvalue weighted by Crippen LogP contribution is -2.09. The monoisotopic (exact) mass is 283 g/mol. The third-order valence-corrected chi connectivity index (χ3v) is 4.05. The molecule has 3 heteroatoms. The molecule has 0 aliphatic rings. The van der Waals surface area contributed by atoms with Gasteiger partial charge in [0.25, 0.3) is 0 Å². The molecule has 0 spiro atoms. The summed E-state index contributed by atoms with van der Waals surface area (Å²) >= 11 is 6.35. The van der Waals surface area contributed by atoms with Crippen molar-refractivity contribution in [1.82, 2.24) is 0 Å². The van der Waals surface area contributed by atoms with E-state index in [0.29, 0.717) is 12.5 Å². The number of aryl methyl sites for hydroxylation is 1. The molecule has 0 heterocycles. The minimum Gasteiger partial charge on any atom is -0.493 e. The summed E-state index contributed by atoms with van der Waals surface area (Å²) < 4.78 is 5.88. The molecule has 1 aromatic rings. The lowest BCUT2D eigenvalue weighted by atomic mass is 9.86. The molecule has 1 unspecified atom stereocenters. The van der Waals surface area contributed by atoms with Crippen molar-refractivity contribution in [1.29, 1.82) is 0 Å². The zero-order valence-electron chi connectivity index (χ0n) is 12.6. The first-order valence-corrected chi connectivity index (χ1v) is 7.56. The molecule has 0 saturated carbocycles. The molecule has 0 aliphatic heterocycles. The zero-order chi connectivity index (χ0) is 14.4. The van der Waals surface area contributed by atoms with Crippen LogP contribution in [0.4, 0.5) is 0 Å². The molecule has 19 heavy (non-hydrogen) atoms. The van der Waals surface area contributed by atoms with E-state index >= 15 is 0 Å². The highest BCUT2D eigenvalue weighted by molar-refractivity contribution is 6.31. The predicted molar refractivity (Wildman–Crippen MR) is 83.4 cm³/mol. The smallest absolute Gasteiger partial charge is 0.126 e. The van der Waals surface area contributed by atoms with Crippen LogP contribution in [0.2, 0.25) is 5.02 Å². The van der Waals surface area contributed by atoms with Crippen molar-refractivity contribution in [2.75, 3.05) is 13.2 Å². The van der Waals surface area contributed by atoms with Gasteiger partial charge in [-0.1, -0.05) is 18.5 Å². The molecule has 0 aromatic heterocycles. The van der Waals surface area contributed by atoms with E-state index in [0.717, 1.165) is 47.7 Å². The summed E-state index contributed by atoms with van der Waals surface area (Å²) in [6.07, 6.45) is 3.21. The molecule has 0 amide bonds. The standard InChI is InChI=1S/C16H26ClNO/c1-5-13(8-7-9-18)15-12(4)14(17)10-11(3)16(15)19-6-2/h10,13H,5-9,18H2,1-4H3. The molecular weight excluding hydrogens is 258 g/mol. The van der Waals surface area contributed by atoms with E-state index in [1.54, 1.807) is 0 Å². The minimum absolute atomic E-state index is 0.475. The first-order chi connectivity index (χ1) is 9.06. The van der Waals surface area contributed by atoms with Gasteiger partial charge in [0, 0.05) is 10.6 Å². The molecule has 0 radical (unpaired) electrons. The number of nitrogens with two attached hydrogens (primary N) is 1. The van der Waals surface area contributed by atoms with Crippen molar-refractivity contribution in [3.63, 3.8) is 0 Å². The SMILES string of the molecule is CCOc1c(C)cc(Cl)c(C)c1C(CC)CCCN. The second kappa shape index (κ2) is 7.76. The van der Waals surface area contributed by atoms with E-state index in [1.165, 1.54) is 5.56 Å². The number of halogens is 1. The Balaban J connectivity index is 3.27. The largest absolute Gasteiger partial charge is 0.493 e. The molecule has 0 fully saturated rings. The second-order valence-electron chi connectivity index (χ2n) is 5.01. The van der Waals surface area contributed by atoms with Gasteiger partial charge >= 0.3 is 0 Å². The molecule has 2 N–H and O–H groups in total. The quantitative estimate of drug-likeness (QED) is 0.794. The Labute approximate surface area is 122 Å². The first kappa shape index (κ1) is 16.3. The van der Waals surface area contributed by atoms with Gasteiger partial charge in [-0.25, -0.2) is 0 Å². The lowest BCUT2D eigenvalue weighted by molar-refractivity contribution is 0.329. The average Bonchev–Trinajstić information content (AvgIpc) is 2.39. The number of rotatable bonds is 7. The van der Waals surface area contributed by atoms with Gasteiger partial charge < -0.3 is 10.5 Å². The molecule has 1 atom stereocenters. The number of benzene rings is 1. The molecule has 1 aromatic carbocycles. The van der Waals surface area contributed by atoms with E-state index in [9.17, 15) is 0 Å². The van der Waals surface area contributed by atoms with Crippen LogP contribution in [0.1, 0.15) is 55.7 Å². The van der Waals surface area contributed by atoms with Gasteiger partial charge in [0.2, 0.25) is 0 Å². The van der Waals surface area contributed by atoms with E-state index in [2.05, 4.69) is 20.8 Å². The Morgan fingerprint density at radius 1 is 1.32 bits per heavy atom. The van der Waals surface area contributed by atoms with Crippen LogP contribution in [0.3, 0.4) is 0 Å². The van der Waals surface area contributed by atoms with E-state index in [-0.39, 0.29) is 0 Å². The summed E-state index contributed by atoms with van der Waals surface area (Å²) in [4.78, 5) is 0. The fourth-order valence-electron chi connectivity index (χ4n) is 2.62. The molecule has 0 bridgehead atoms. The van der Waals surface area contributed by atoms with Crippen LogP contribution in [0.25, 0.3) is 0 Å². The van der Waals surface area contributed by atoms with Crippen molar-refractivity contribution in [2.45, 2.75) is 52.9 Å². The summed E-state index contributed by atoms with van der Waals surface area (Å²) in [7, 11) is 0. The Bertz CT molecular complexity index is 418. The van der Waals surface area contributed by atoms with E-state index < -0.39 is 0 Å². The van der Waals surface area contributed by atoms with E-state index in [4.69, 9.17) is 22.1 Å². The molecule has 2 nitrogen and oxygen atoms in total. The third kappa shape index (κ3) is 3.87. The Kier molecular flexibility index (Phi) is 6.67. The van der Waals surface area contributed by atoms with E-state index in [1.807, 2.05) is 13.0 Å². The second-order valence-corrected chi connectivity index (χ2v) is 5.42. The van der Waals surface area contributed by atoms with Crippen molar-refractivity contribution >= 4 is 11.6 Å². The van der Waals surface area contributed by atoms with Crippen LogP contribution in [0, 0.1) is 13.8 Å². The van der Waals surface area contributed by atoms with Crippen molar-refractivity contribution in [3.8, 4) is 5.75 Å². The summed E-state index contributed by atoms with van der Waals surface area (Å²) in [5.41, 5.74) is 9.20. The first-order valence-electron chi connectivity index (χ1n) is 7.19. The minimum atomic E-state index is 0.475. The van der Waals surface area contributed by atoms with Gasteiger partial charge in [0.15, 0.2) is 0 Å². The van der Waals surface area contributed by atoms with Gasteiger partial charge in [-0.15, -0.1) is 0 Å². The maximum atomic E-state index is 6.35. The predicted octanol–water partition coefficient (Wildman–Crippen LogP) is 4.59. The Morgan fingerprint density at radius 2 is 2.00 bits per heavy atom. The van der Waals surface area contributed by atoms with Gasteiger partial charge in [-0.2, -0.15) is 0 Å². The molecule has 0 aliphatic carbocycles. The van der Waals surface area contributed by atoms with Crippen LogP contribution in [-0.4, -0.2) is 13.2 Å². The molecular formula is C16H26ClNO. The topological polar surface area (TPSA) is 35.2 Å². The van der Waals surface area contributed by atoms with Crippen LogP contribution in [0.15, 0.2) is 6.07 Å². The normalized spacial score (nSPS) is 12.5. The highest BCUT2D eigenvalue weighted by atomic mass is 35.5. The van der Waals surface area contributed by atoms with Gasteiger partial charge in [0.05, 0.1) is 6.61 Å². The summed E-state index contributed by atoms with van der Waals surface area (Å²) in [5, 5.41) is 0.835. The van der Waals surface area contributed by atoms with Gasteiger partial charge in [-0.05, 0) is 69.7 Å².